The van der Waals surface area contributed by atoms with E-state index in [1.165, 1.54) is 15.6 Å². The van der Waals surface area contributed by atoms with E-state index in [0.717, 1.165) is 47.3 Å². The number of benzene rings is 2. The number of aliphatic hydroxyl groups is 1. The lowest BCUT2D eigenvalue weighted by molar-refractivity contribution is 0.204. The third-order valence-electron chi connectivity index (χ3n) is 6.32. The Morgan fingerprint density at radius 1 is 1.08 bits per heavy atom. The van der Waals surface area contributed by atoms with Crippen molar-refractivity contribution in [1.82, 2.24) is 24.6 Å². The zero-order valence-corrected chi connectivity index (χ0v) is 22.3. The highest BCUT2D eigenvalue weighted by atomic mass is 32.2. The summed E-state index contributed by atoms with van der Waals surface area (Å²) in [5.74, 6) is 0.399. The first kappa shape index (κ1) is 26.2. The summed E-state index contributed by atoms with van der Waals surface area (Å²) in [4.78, 5) is 13.2. The summed E-state index contributed by atoms with van der Waals surface area (Å²) >= 11 is 1.45. The van der Waals surface area contributed by atoms with Gasteiger partial charge >= 0.3 is 0 Å². The topological polar surface area (TPSA) is 146 Å². The number of aromatic nitrogens is 3. The quantitative estimate of drug-likeness (QED) is 0.246. The zero-order chi connectivity index (χ0) is 26.5. The fourth-order valence-corrected chi connectivity index (χ4v) is 6.87. The fraction of sp³-hybridized carbons (Fsp3) is 0.269. The van der Waals surface area contributed by atoms with Crippen LogP contribution >= 0.6 is 11.3 Å². The minimum Gasteiger partial charge on any atom is -0.395 e. The lowest BCUT2D eigenvalue weighted by Crippen LogP contribution is -2.47. The Kier molecular flexibility index (Phi) is 7.95. The number of thiazole rings is 1. The first-order valence-electron chi connectivity index (χ1n) is 12.3. The summed E-state index contributed by atoms with van der Waals surface area (Å²) < 4.78 is 29.0. The van der Waals surface area contributed by atoms with Gasteiger partial charge in [-0.1, -0.05) is 29.6 Å². The van der Waals surface area contributed by atoms with E-state index in [1.807, 2.05) is 30.4 Å². The monoisotopic (exact) mass is 551 g/mol. The Labute approximate surface area is 225 Å². The molecule has 12 heteroatoms. The number of sulfonamides is 1. The van der Waals surface area contributed by atoms with Crippen molar-refractivity contribution >= 4 is 60.5 Å². The number of nitrogens with zero attached hydrogens (tertiary/aromatic N) is 4. The van der Waals surface area contributed by atoms with Crippen LogP contribution in [0.5, 0.6) is 0 Å². The number of anilines is 3. The normalized spacial score (nSPS) is 15.0. The first-order chi connectivity index (χ1) is 18.4. The van der Waals surface area contributed by atoms with E-state index >= 15 is 0 Å². The number of fused-ring (bicyclic) bond motifs is 1. The summed E-state index contributed by atoms with van der Waals surface area (Å²) in [7, 11) is -3.73. The largest absolute Gasteiger partial charge is 0.395 e. The van der Waals surface area contributed by atoms with Crippen molar-refractivity contribution < 1.29 is 13.5 Å². The standard InChI is InChI=1S/C26H29N7O3S2/c27-25-32-23-8-3-18(15-24(23)37-25)1-2-19-16-29-26(30-17-19)31-20-4-6-22(7-5-20)38(35,36)33(13-14-34)21-9-11-28-12-10-21/h1-8,15-17,21,28,34H,9-14H2,(H2,27,32)(H,29,30,31)/b2-1+. The van der Waals surface area contributed by atoms with Crippen LogP contribution in [0.3, 0.4) is 0 Å². The van der Waals surface area contributed by atoms with Crippen molar-refractivity contribution in [3.63, 3.8) is 0 Å². The summed E-state index contributed by atoms with van der Waals surface area (Å²) in [6, 6.07) is 12.3. The maximum atomic E-state index is 13.3. The van der Waals surface area contributed by atoms with Crippen molar-refractivity contribution in [2.75, 3.05) is 37.3 Å². The van der Waals surface area contributed by atoms with E-state index in [0.29, 0.717) is 16.8 Å². The summed E-state index contributed by atoms with van der Waals surface area (Å²) in [5.41, 5.74) is 9.19. The number of aliphatic hydroxyl groups excluding tert-OH is 1. The third-order valence-corrected chi connectivity index (χ3v) is 9.14. The van der Waals surface area contributed by atoms with E-state index < -0.39 is 10.0 Å². The molecule has 5 N–H and O–H groups in total. The van der Waals surface area contributed by atoms with E-state index in [-0.39, 0.29) is 24.1 Å². The second-order valence-corrected chi connectivity index (χ2v) is 11.9. The molecule has 5 rings (SSSR count). The van der Waals surface area contributed by atoms with Crippen LogP contribution in [0.25, 0.3) is 22.4 Å². The van der Waals surface area contributed by atoms with Crippen molar-refractivity contribution in [2.45, 2.75) is 23.8 Å². The van der Waals surface area contributed by atoms with Crippen molar-refractivity contribution in [3.05, 3.63) is 66.0 Å². The molecule has 1 saturated heterocycles. The number of rotatable bonds is 9. The number of hydrogen-bond acceptors (Lipinski definition) is 10. The Balaban J connectivity index is 1.24. The Hall–Kier alpha value is -3.42. The second-order valence-electron chi connectivity index (χ2n) is 8.92. The molecule has 0 unspecified atom stereocenters. The van der Waals surface area contributed by atoms with E-state index in [2.05, 4.69) is 25.6 Å². The number of hydrogen-bond donors (Lipinski definition) is 4. The molecule has 0 saturated carbocycles. The smallest absolute Gasteiger partial charge is 0.243 e. The lowest BCUT2D eigenvalue weighted by atomic mass is 10.1. The lowest BCUT2D eigenvalue weighted by Gasteiger charge is -2.33. The fourth-order valence-electron chi connectivity index (χ4n) is 4.41. The summed E-state index contributed by atoms with van der Waals surface area (Å²) in [6.07, 6.45) is 8.76. The Morgan fingerprint density at radius 2 is 1.79 bits per heavy atom. The second kappa shape index (κ2) is 11.5. The molecule has 198 valence electrons. The molecular formula is C26H29N7O3S2. The Bertz CT molecular complexity index is 1510. The van der Waals surface area contributed by atoms with Crippen molar-refractivity contribution in [3.8, 4) is 0 Å². The van der Waals surface area contributed by atoms with Gasteiger partial charge in [0.15, 0.2) is 5.13 Å². The summed E-state index contributed by atoms with van der Waals surface area (Å²) in [6.45, 7) is 1.38. The minimum atomic E-state index is -3.73. The highest BCUT2D eigenvalue weighted by Gasteiger charge is 2.31. The zero-order valence-electron chi connectivity index (χ0n) is 20.6. The van der Waals surface area contributed by atoms with Crippen LogP contribution in [0.2, 0.25) is 0 Å². The molecule has 1 aliphatic heterocycles. The molecule has 4 aromatic rings. The number of nitrogens with two attached hydrogens (primary N) is 1. The van der Waals surface area contributed by atoms with E-state index in [9.17, 15) is 13.5 Å². The molecule has 3 heterocycles. The average molecular weight is 552 g/mol. The predicted octanol–water partition coefficient (Wildman–Crippen LogP) is 3.32. The molecule has 10 nitrogen and oxygen atoms in total. The van der Waals surface area contributed by atoms with Crippen molar-refractivity contribution in [2.24, 2.45) is 0 Å². The molecule has 1 aliphatic rings. The molecule has 0 bridgehead atoms. The minimum absolute atomic E-state index is 0.0795. The van der Waals surface area contributed by atoms with Gasteiger partial charge < -0.3 is 21.5 Å². The van der Waals surface area contributed by atoms with Gasteiger partial charge in [0.1, 0.15) is 0 Å². The summed E-state index contributed by atoms with van der Waals surface area (Å²) in [5, 5.41) is 16.4. The average Bonchev–Trinajstić information content (AvgIpc) is 3.31. The van der Waals surface area contributed by atoms with Gasteiger partial charge in [0.2, 0.25) is 16.0 Å². The molecule has 2 aromatic heterocycles. The van der Waals surface area contributed by atoms with E-state index in [4.69, 9.17) is 5.73 Å². The number of nitrogens with one attached hydrogen (secondary N) is 2. The van der Waals surface area contributed by atoms with Crippen LogP contribution in [0.1, 0.15) is 24.0 Å². The molecule has 0 aliphatic carbocycles. The molecule has 0 atom stereocenters. The highest BCUT2D eigenvalue weighted by Crippen LogP contribution is 2.26. The van der Waals surface area contributed by atoms with Crippen LogP contribution < -0.4 is 16.4 Å². The van der Waals surface area contributed by atoms with Gasteiger partial charge in [0.25, 0.3) is 0 Å². The molecule has 0 radical (unpaired) electrons. The Morgan fingerprint density at radius 3 is 2.50 bits per heavy atom. The highest BCUT2D eigenvalue weighted by molar-refractivity contribution is 7.89. The molecule has 0 spiro atoms. The number of nitrogen functional groups attached to an aromatic ring is 1. The van der Waals surface area contributed by atoms with Gasteiger partial charge in [0.05, 0.1) is 21.7 Å². The molecule has 2 aromatic carbocycles. The maximum absolute atomic E-state index is 13.3. The van der Waals surface area contributed by atoms with Crippen LogP contribution in [-0.4, -0.2) is 65.1 Å². The number of piperidine rings is 1. The van der Waals surface area contributed by atoms with Crippen LogP contribution in [0.4, 0.5) is 16.8 Å². The first-order valence-corrected chi connectivity index (χ1v) is 14.5. The van der Waals surface area contributed by atoms with Crippen LogP contribution in [-0.2, 0) is 10.0 Å². The molecule has 0 amide bonds. The van der Waals surface area contributed by atoms with Gasteiger partial charge in [-0.2, -0.15) is 4.31 Å². The SMILES string of the molecule is Nc1nc2ccc(/C=C/c3cnc(Nc4ccc(S(=O)(=O)N(CCO)C5CCNCC5)cc4)nc3)cc2s1. The van der Waals surface area contributed by atoms with Gasteiger partial charge in [-0.05, 0) is 67.9 Å². The maximum Gasteiger partial charge on any atom is 0.243 e. The van der Waals surface area contributed by atoms with Crippen molar-refractivity contribution in [1.29, 1.82) is 0 Å². The van der Waals surface area contributed by atoms with Gasteiger partial charge in [-0.25, -0.2) is 23.4 Å². The van der Waals surface area contributed by atoms with E-state index in [1.54, 1.807) is 36.7 Å². The van der Waals surface area contributed by atoms with Crippen LogP contribution in [0.15, 0.2) is 59.8 Å². The third kappa shape index (κ3) is 6.00. The molecule has 1 fully saturated rings. The predicted molar refractivity (Wildman–Crippen MR) is 152 cm³/mol. The van der Waals surface area contributed by atoms with Gasteiger partial charge in [-0.15, -0.1) is 0 Å². The van der Waals surface area contributed by atoms with Gasteiger partial charge in [0, 0.05) is 36.2 Å². The molecule has 38 heavy (non-hydrogen) atoms. The van der Waals surface area contributed by atoms with Crippen LogP contribution in [0, 0.1) is 0 Å². The van der Waals surface area contributed by atoms with Gasteiger partial charge in [-0.3, -0.25) is 0 Å². The molecular weight excluding hydrogens is 522 g/mol.